The summed E-state index contributed by atoms with van der Waals surface area (Å²) in [5.41, 5.74) is 6.70. The van der Waals surface area contributed by atoms with Crippen molar-refractivity contribution in [1.82, 2.24) is 0 Å². The van der Waals surface area contributed by atoms with Crippen LogP contribution >= 0.6 is 27.5 Å². The number of ether oxygens (including phenoxy) is 1. The number of halogens is 3. The number of benzene rings is 2. The summed E-state index contributed by atoms with van der Waals surface area (Å²) in [4.78, 5) is 0. The molecule has 18 heavy (non-hydrogen) atoms. The molecule has 0 fully saturated rings. The van der Waals surface area contributed by atoms with E-state index in [1.165, 1.54) is 6.07 Å². The van der Waals surface area contributed by atoms with E-state index >= 15 is 0 Å². The number of nitrogen functional groups attached to an aromatic ring is 1. The standard InChI is InChI=1S/C13H10BrClFNO/c14-9-3-11(17)6-12(4-9)18-7-8-1-2-10(15)5-13(8)16/h1-6H,7,17H2. The minimum atomic E-state index is -0.384. The van der Waals surface area contributed by atoms with Gasteiger partial charge in [0.25, 0.3) is 0 Å². The molecule has 5 heteroatoms. The van der Waals surface area contributed by atoms with Gasteiger partial charge in [-0.05, 0) is 24.3 Å². The first-order chi connectivity index (χ1) is 8.54. The number of hydrogen-bond donors (Lipinski definition) is 1. The zero-order valence-corrected chi connectivity index (χ0v) is 11.6. The van der Waals surface area contributed by atoms with Gasteiger partial charge in [0.2, 0.25) is 0 Å². The quantitative estimate of drug-likeness (QED) is 0.846. The van der Waals surface area contributed by atoms with Crippen molar-refractivity contribution in [2.24, 2.45) is 0 Å². The summed E-state index contributed by atoms with van der Waals surface area (Å²) in [6.45, 7) is 0.124. The fourth-order valence-corrected chi connectivity index (χ4v) is 2.12. The van der Waals surface area contributed by atoms with E-state index in [0.717, 1.165) is 4.47 Å². The maximum Gasteiger partial charge on any atom is 0.131 e. The molecule has 2 aromatic rings. The van der Waals surface area contributed by atoms with E-state index in [9.17, 15) is 4.39 Å². The molecule has 0 aliphatic heterocycles. The van der Waals surface area contributed by atoms with Crippen molar-refractivity contribution >= 4 is 33.2 Å². The number of hydrogen-bond acceptors (Lipinski definition) is 2. The zero-order chi connectivity index (χ0) is 13.1. The normalized spacial score (nSPS) is 10.4. The molecule has 0 saturated carbocycles. The summed E-state index contributed by atoms with van der Waals surface area (Å²) in [6, 6.07) is 9.69. The summed E-state index contributed by atoms with van der Waals surface area (Å²) >= 11 is 8.98. The molecule has 2 aromatic carbocycles. The van der Waals surface area contributed by atoms with Crippen LogP contribution < -0.4 is 10.5 Å². The summed E-state index contributed by atoms with van der Waals surface area (Å²) in [5, 5.41) is 0.364. The number of rotatable bonds is 3. The molecule has 94 valence electrons. The first-order valence-electron chi connectivity index (χ1n) is 5.17. The Hall–Kier alpha value is -1.26. The smallest absolute Gasteiger partial charge is 0.131 e. The third-order valence-electron chi connectivity index (χ3n) is 2.30. The molecule has 0 spiro atoms. The molecule has 0 radical (unpaired) electrons. The highest BCUT2D eigenvalue weighted by atomic mass is 79.9. The van der Waals surface area contributed by atoms with Crippen LogP contribution in [0.4, 0.5) is 10.1 Å². The Morgan fingerprint density at radius 2 is 2.00 bits per heavy atom. The van der Waals surface area contributed by atoms with Crippen LogP contribution in [-0.2, 0) is 6.61 Å². The lowest BCUT2D eigenvalue weighted by Crippen LogP contribution is -1.99. The molecule has 0 atom stereocenters. The van der Waals surface area contributed by atoms with Crippen molar-refractivity contribution in [2.45, 2.75) is 6.61 Å². The highest BCUT2D eigenvalue weighted by molar-refractivity contribution is 9.10. The maximum absolute atomic E-state index is 13.5. The van der Waals surface area contributed by atoms with Crippen LogP contribution in [0.2, 0.25) is 5.02 Å². The maximum atomic E-state index is 13.5. The van der Waals surface area contributed by atoms with Gasteiger partial charge >= 0.3 is 0 Å². The second-order valence-electron chi connectivity index (χ2n) is 3.74. The largest absolute Gasteiger partial charge is 0.489 e. The van der Waals surface area contributed by atoms with Crippen molar-refractivity contribution in [2.75, 3.05) is 5.73 Å². The Bertz CT molecular complexity index is 557. The molecule has 2 nitrogen and oxygen atoms in total. The molecule has 0 bridgehead atoms. The molecular weight excluding hydrogens is 321 g/mol. The van der Waals surface area contributed by atoms with Gasteiger partial charge in [-0.2, -0.15) is 0 Å². The van der Waals surface area contributed by atoms with Gasteiger partial charge in [-0.3, -0.25) is 0 Å². The van der Waals surface area contributed by atoms with Gasteiger partial charge in [0, 0.05) is 26.8 Å². The van der Waals surface area contributed by atoms with E-state index in [1.54, 1.807) is 30.3 Å². The van der Waals surface area contributed by atoms with Crippen molar-refractivity contribution < 1.29 is 9.13 Å². The first kappa shape index (κ1) is 13.2. The Morgan fingerprint density at radius 3 is 2.67 bits per heavy atom. The minimum absolute atomic E-state index is 0.124. The lowest BCUT2D eigenvalue weighted by molar-refractivity contribution is 0.300. The second-order valence-corrected chi connectivity index (χ2v) is 5.10. The van der Waals surface area contributed by atoms with Crippen molar-refractivity contribution in [3.63, 3.8) is 0 Å². The van der Waals surface area contributed by atoms with Crippen LogP contribution in [0.25, 0.3) is 0 Å². The van der Waals surface area contributed by atoms with Gasteiger partial charge in [0.05, 0.1) is 0 Å². The van der Waals surface area contributed by atoms with Gasteiger partial charge in [-0.15, -0.1) is 0 Å². The predicted octanol–water partition coefficient (Wildman–Crippen LogP) is 4.40. The first-order valence-corrected chi connectivity index (χ1v) is 6.34. The molecule has 0 amide bonds. The molecule has 2 rings (SSSR count). The fourth-order valence-electron chi connectivity index (χ4n) is 1.47. The van der Waals surface area contributed by atoms with E-state index in [0.29, 0.717) is 22.0 Å². The highest BCUT2D eigenvalue weighted by Crippen LogP contribution is 2.24. The van der Waals surface area contributed by atoms with Crippen LogP contribution in [0.15, 0.2) is 40.9 Å². The zero-order valence-electron chi connectivity index (χ0n) is 9.29. The van der Waals surface area contributed by atoms with Crippen LogP contribution in [0, 0.1) is 5.82 Å². The SMILES string of the molecule is Nc1cc(Br)cc(OCc2ccc(Cl)cc2F)c1. The van der Waals surface area contributed by atoms with Crippen LogP contribution in [0.5, 0.6) is 5.75 Å². The summed E-state index contributed by atoms with van der Waals surface area (Å²) < 4.78 is 19.8. The van der Waals surface area contributed by atoms with Gasteiger partial charge in [0.1, 0.15) is 18.2 Å². The van der Waals surface area contributed by atoms with Crippen molar-refractivity contribution in [3.8, 4) is 5.75 Å². The molecular formula is C13H10BrClFNO. The van der Waals surface area contributed by atoms with Crippen LogP contribution in [0.3, 0.4) is 0 Å². The third-order valence-corrected chi connectivity index (χ3v) is 3.00. The Balaban J connectivity index is 2.11. The summed E-state index contributed by atoms with van der Waals surface area (Å²) in [6.07, 6.45) is 0. The lowest BCUT2D eigenvalue weighted by Gasteiger charge is -2.08. The van der Waals surface area contributed by atoms with Gasteiger partial charge in [-0.25, -0.2) is 4.39 Å². The molecule has 0 aliphatic rings. The minimum Gasteiger partial charge on any atom is -0.489 e. The molecule has 0 saturated heterocycles. The molecule has 0 heterocycles. The third kappa shape index (κ3) is 3.37. The van der Waals surface area contributed by atoms with Crippen molar-refractivity contribution in [1.29, 1.82) is 0 Å². The Kier molecular flexibility index (Phi) is 4.09. The summed E-state index contributed by atoms with van der Waals surface area (Å²) in [5.74, 6) is 0.196. The molecule has 0 aromatic heterocycles. The fraction of sp³-hybridized carbons (Fsp3) is 0.0769. The Morgan fingerprint density at radius 1 is 1.22 bits per heavy atom. The average Bonchev–Trinajstić information content (AvgIpc) is 2.26. The van der Waals surface area contributed by atoms with E-state index < -0.39 is 0 Å². The molecule has 2 N–H and O–H groups in total. The predicted molar refractivity (Wildman–Crippen MR) is 74.3 cm³/mol. The monoisotopic (exact) mass is 329 g/mol. The van der Waals surface area contributed by atoms with Gasteiger partial charge in [-0.1, -0.05) is 33.6 Å². The van der Waals surface area contributed by atoms with E-state index in [1.807, 2.05) is 0 Å². The second kappa shape index (κ2) is 5.59. The lowest BCUT2D eigenvalue weighted by atomic mass is 10.2. The van der Waals surface area contributed by atoms with Crippen molar-refractivity contribution in [3.05, 3.63) is 57.3 Å². The van der Waals surface area contributed by atoms with E-state index in [-0.39, 0.29) is 12.4 Å². The molecule has 0 unspecified atom stereocenters. The molecule has 0 aliphatic carbocycles. The topological polar surface area (TPSA) is 35.2 Å². The van der Waals surface area contributed by atoms with Gasteiger partial charge < -0.3 is 10.5 Å². The van der Waals surface area contributed by atoms with E-state index in [2.05, 4.69) is 15.9 Å². The van der Waals surface area contributed by atoms with E-state index in [4.69, 9.17) is 22.1 Å². The number of anilines is 1. The van der Waals surface area contributed by atoms with Crippen LogP contribution in [-0.4, -0.2) is 0 Å². The Labute approximate surface area is 118 Å². The number of nitrogens with two attached hydrogens (primary N) is 1. The average molecular weight is 331 g/mol. The van der Waals surface area contributed by atoms with Gasteiger partial charge in [0.15, 0.2) is 0 Å². The van der Waals surface area contributed by atoms with Crippen LogP contribution in [0.1, 0.15) is 5.56 Å². The summed E-state index contributed by atoms with van der Waals surface area (Å²) in [7, 11) is 0. The highest BCUT2D eigenvalue weighted by Gasteiger charge is 2.05.